The molecule has 2 aromatic carbocycles. The van der Waals surface area contributed by atoms with E-state index >= 15 is 0 Å². The normalized spacial score (nSPS) is 14.8. The number of nitrogen functional groups attached to an aromatic ring is 1. The molecule has 0 radical (unpaired) electrons. The predicted molar refractivity (Wildman–Crippen MR) is 156 cm³/mol. The third kappa shape index (κ3) is 7.02. The molecular weight excluding hydrogens is 518 g/mol. The van der Waals surface area contributed by atoms with Crippen molar-refractivity contribution in [3.05, 3.63) is 63.0 Å². The number of hydrogen-bond donors (Lipinski definition) is 4. The Labute approximate surface area is 231 Å². The molecule has 1 aliphatic rings. The Kier molecular flexibility index (Phi) is 9.00. The quantitative estimate of drug-likeness (QED) is 0.155. The Morgan fingerprint density at radius 3 is 2.49 bits per heavy atom. The fraction of sp³-hybridized carbons (Fsp3) is 0.407. The fourth-order valence-electron chi connectivity index (χ4n) is 4.54. The lowest BCUT2D eigenvalue weighted by Crippen LogP contribution is -2.44. The second kappa shape index (κ2) is 12.4. The van der Waals surface area contributed by atoms with Crippen molar-refractivity contribution in [3.8, 4) is 0 Å². The van der Waals surface area contributed by atoms with Gasteiger partial charge in [-0.15, -0.1) is 0 Å². The maximum absolute atomic E-state index is 13.3. The molecular formula is C27H35N7O4S. The molecule has 1 saturated heterocycles. The van der Waals surface area contributed by atoms with Crippen LogP contribution >= 0.6 is 11.3 Å². The van der Waals surface area contributed by atoms with E-state index in [1.807, 2.05) is 38.1 Å². The van der Waals surface area contributed by atoms with Crippen molar-refractivity contribution in [1.29, 1.82) is 0 Å². The smallest absolute Gasteiger partial charge is 0.293 e. The predicted octanol–water partition coefficient (Wildman–Crippen LogP) is 4.18. The number of nitro benzene ring substituents is 1. The van der Waals surface area contributed by atoms with Crippen LogP contribution in [0.2, 0.25) is 0 Å². The minimum Gasteiger partial charge on any atom is -0.394 e. The molecule has 0 spiro atoms. The summed E-state index contributed by atoms with van der Waals surface area (Å²) in [5.41, 5.74) is 8.17. The second-order valence-electron chi connectivity index (χ2n) is 10.2. The zero-order valence-corrected chi connectivity index (χ0v) is 23.2. The van der Waals surface area contributed by atoms with Gasteiger partial charge in [-0.1, -0.05) is 25.2 Å². The van der Waals surface area contributed by atoms with Crippen LogP contribution in [0, 0.1) is 16.0 Å². The van der Waals surface area contributed by atoms with Crippen LogP contribution in [-0.4, -0.2) is 71.6 Å². The number of rotatable bonds is 11. The molecule has 0 aliphatic carbocycles. The number of benzene rings is 2. The van der Waals surface area contributed by atoms with Crippen LogP contribution in [0.4, 0.5) is 33.7 Å². The Balaban J connectivity index is 1.48. The van der Waals surface area contributed by atoms with Gasteiger partial charge in [-0.25, -0.2) is 4.98 Å². The molecule has 0 bridgehead atoms. The number of nitro groups is 1. The second-order valence-corrected chi connectivity index (χ2v) is 11.2. The molecule has 5 N–H and O–H groups in total. The van der Waals surface area contributed by atoms with Gasteiger partial charge >= 0.3 is 0 Å². The number of anilines is 5. The van der Waals surface area contributed by atoms with Gasteiger partial charge in [-0.2, -0.15) is 0 Å². The number of nitrogens with one attached hydrogen (secondary N) is 2. The Bertz CT molecular complexity index is 1300. The standard InChI is InChI=1S/C27H35N7O4S/c1-17(2)14-20(16-35)29-22-9-4-18(15-23(22)34(37)38)24(36)25-26(28)31-27(39-25)30-19-5-7-21(8-6-19)33-12-10-32(3)11-13-33/h4-9,15,17,20,29,35H,10-14,16,28H2,1-3H3,(H,30,31)/t20-/m1/s1. The fourth-order valence-corrected chi connectivity index (χ4v) is 5.40. The van der Waals surface area contributed by atoms with Crippen molar-refractivity contribution >= 4 is 50.8 Å². The van der Waals surface area contributed by atoms with Gasteiger partial charge in [-0.3, -0.25) is 14.9 Å². The van der Waals surface area contributed by atoms with Gasteiger partial charge in [0, 0.05) is 55.2 Å². The van der Waals surface area contributed by atoms with Crippen LogP contribution in [0.25, 0.3) is 0 Å². The first-order valence-corrected chi connectivity index (χ1v) is 13.7. The number of thiazole rings is 1. The van der Waals surface area contributed by atoms with Gasteiger partial charge < -0.3 is 31.3 Å². The number of ketones is 1. The van der Waals surface area contributed by atoms with Gasteiger partial charge in [0.2, 0.25) is 5.78 Å². The summed E-state index contributed by atoms with van der Waals surface area (Å²) >= 11 is 1.10. The number of carbonyl (C=O) groups is 1. The van der Waals surface area contributed by atoms with Crippen molar-refractivity contribution < 1.29 is 14.8 Å². The van der Waals surface area contributed by atoms with Gasteiger partial charge in [0.05, 0.1) is 11.5 Å². The molecule has 1 fully saturated rings. The number of likely N-dealkylation sites (N-methyl/N-ethyl adjacent to an activating group) is 1. The molecule has 3 aromatic rings. The average Bonchev–Trinajstić information content (AvgIpc) is 3.28. The monoisotopic (exact) mass is 553 g/mol. The zero-order valence-electron chi connectivity index (χ0n) is 22.4. The van der Waals surface area contributed by atoms with Crippen LogP contribution in [-0.2, 0) is 0 Å². The third-order valence-electron chi connectivity index (χ3n) is 6.64. The topological polar surface area (TPSA) is 150 Å². The van der Waals surface area contributed by atoms with Crippen molar-refractivity contribution in [3.63, 3.8) is 0 Å². The van der Waals surface area contributed by atoms with Gasteiger partial charge in [0.15, 0.2) is 5.13 Å². The molecule has 0 saturated carbocycles. The first kappa shape index (κ1) is 28.3. The largest absolute Gasteiger partial charge is 0.394 e. The van der Waals surface area contributed by atoms with Crippen molar-refractivity contribution in [2.24, 2.45) is 5.92 Å². The number of aliphatic hydroxyl groups is 1. The Morgan fingerprint density at radius 1 is 1.18 bits per heavy atom. The molecule has 39 heavy (non-hydrogen) atoms. The number of aromatic nitrogens is 1. The summed E-state index contributed by atoms with van der Waals surface area (Å²) in [5.74, 6) is -0.0933. The molecule has 2 heterocycles. The zero-order chi connectivity index (χ0) is 28.1. The molecule has 1 atom stereocenters. The van der Waals surface area contributed by atoms with Crippen LogP contribution < -0.4 is 21.3 Å². The third-order valence-corrected chi connectivity index (χ3v) is 7.62. The summed E-state index contributed by atoms with van der Waals surface area (Å²) in [6, 6.07) is 11.9. The van der Waals surface area contributed by atoms with E-state index in [9.17, 15) is 20.0 Å². The maximum Gasteiger partial charge on any atom is 0.293 e. The van der Waals surface area contributed by atoms with Crippen LogP contribution in [0.15, 0.2) is 42.5 Å². The highest BCUT2D eigenvalue weighted by atomic mass is 32.1. The van der Waals surface area contributed by atoms with E-state index in [0.29, 0.717) is 17.5 Å². The minimum atomic E-state index is -0.544. The lowest BCUT2D eigenvalue weighted by atomic mass is 10.0. The molecule has 4 rings (SSSR count). The minimum absolute atomic E-state index is 0.0590. The highest BCUT2D eigenvalue weighted by Gasteiger charge is 2.24. The highest BCUT2D eigenvalue weighted by molar-refractivity contribution is 7.18. The van der Waals surface area contributed by atoms with E-state index in [4.69, 9.17) is 5.73 Å². The van der Waals surface area contributed by atoms with Crippen molar-refractivity contribution in [1.82, 2.24) is 9.88 Å². The summed E-state index contributed by atoms with van der Waals surface area (Å²) in [6.45, 7) is 7.86. The Morgan fingerprint density at radius 2 is 1.87 bits per heavy atom. The van der Waals surface area contributed by atoms with E-state index in [2.05, 4.69) is 32.5 Å². The summed E-state index contributed by atoms with van der Waals surface area (Å²) < 4.78 is 0. The van der Waals surface area contributed by atoms with Crippen LogP contribution in [0.3, 0.4) is 0 Å². The van der Waals surface area contributed by atoms with Crippen LogP contribution in [0.1, 0.15) is 35.5 Å². The van der Waals surface area contributed by atoms with E-state index in [1.54, 1.807) is 0 Å². The first-order chi connectivity index (χ1) is 18.6. The SMILES string of the molecule is CC(C)C[C@H](CO)Nc1ccc(C(=O)c2sc(Nc3ccc(N4CCN(C)CC4)cc3)nc2N)cc1[N+](=O)[O-]. The number of piperazine rings is 1. The van der Waals surface area contributed by atoms with Crippen LogP contribution in [0.5, 0.6) is 0 Å². The van der Waals surface area contributed by atoms with E-state index in [0.717, 1.165) is 48.9 Å². The number of nitrogens with two attached hydrogens (primary N) is 1. The Hall–Kier alpha value is -3.74. The van der Waals surface area contributed by atoms with Gasteiger partial charge in [0.1, 0.15) is 16.4 Å². The number of carbonyl (C=O) groups excluding carboxylic acids is 1. The summed E-state index contributed by atoms with van der Waals surface area (Å²) in [5, 5.41) is 28.1. The van der Waals surface area contributed by atoms with E-state index in [1.165, 1.54) is 18.2 Å². The van der Waals surface area contributed by atoms with Crippen molar-refractivity contribution in [2.45, 2.75) is 26.3 Å². The van der Waals surface area contributed by atoms with Gasteiger partial charge in [0.25, 0.3) is 5.69 Å². The van der Waals surface area contributed by atoms with Crippen molar-refractivity contribution in [2.75, 3.05) is 61.1 Å². The lowest BCUT2D eigenvalue weighted by Gasteiger charge is -2.34. The summed E-state index contributed by atoms with van der Waals surface area (Å²) in [7, 11) is 2.12. The molecule has 1 aromatic heterocycles. The molecule has 208 valence electrons. The number of nitrogens with zero attached hydrogens (tertiary/aromatic N) is 4. The molecule has 11 nitrogen and oxygen atoms in total. The molecule has 0 amide bonds. The molecule has 0 unspecified atom stereocenters. The maximum atomic E-state index is 13.3. The number of hydrogen-bond acceptors (Lipinski definition) is 11. The molecule has 1 aliphatic heterocycles. The molecule has 12 heteroatoms. The summed E-state index contributed by atoms with van der Waals surface area (Å²) in [4.78, 5) is 33.6. The van der Waals surface area contributed by atoms with E-state index < -0.39 is 10.7 Å². The van der Waals surface area contributed by atoms with Gasteiger partial charge in [-0.05, 0) is 55.8 Å². The highest BCUT2D eigenvalue weighted by Crippen LogP contribution is 2.33. The number of aliphatic hydroxyl groups excluding tert-OH is 1. The first-order valence-electron chi connectivity index (χ1n) is 12.9. The van der Waals surface area contributed by atoms with E-state index in [-0.39, 0.29) is 40.3 Å². The average molecular weight is 554 g/mol. The summed E-state index contributed by atoms with van der Waals surface area (Å²) in [6.07, 6.45) is 0.639. The lowest BCUT2D eigenvalue weighted by molar-refractivity contribution is -0.384.